The van der Waals surface area contributed by atoms with Crippen molar-refractivity contribution >= 4 is 17.5 Å². The molecule has 0 spiro atoms. The van der Waals surface area contributed by atoms with Gasteiger partial charge in [0.05, 0.1) is 0 Å². The Hall–Kier alpha value is -1.45. The number of unbranched alkanes of at least 4 members (excludes halogenated alkanes) is 4. The Morgan fingerprint density at radius 3 is 2.57 bits per heavy atom. The zero-order chi connectivity index (χ0) is 17.1. The van der Waals surface area contributed by atoms with E-state index in [0.29, 0.717) is 25.0 Å². The van der Waals surface area contributed by atoms with E-state index in [2.05, 4.69) is 6.92 Å². The monoisotopic (exact) mass is 322 g/mol. The summed E-state index contributed by atoms with van der Waals surface area (Å²) in [7, 11) is 0. The molecule has 0 aromatic heterocycles. The molecule has 1 fully saturated rings. The second-order valence-electron chi connectivity index (χ2n) is 6.55. The SMILES string of the molecule is CCCCC(=O)C=CC1CCC(=O)C1CCCCCCC(=O)O. The van der Waals surface area contributed by atoms with Crippen LogP contribution in [0.4, 0.5) is 0 Å². The van der Waals surface area contributed by atoms with Gasteiger partial charge in [0.2, 0.25) is 0 Å². The van der Waals surface area contributed by atoms with Crippen molar-refractivity contribution in [2.75, 3.05) is 0 Å². The number of carbonyl (C=O) groups excluding carboxylic acids is 2. The second-order valence-corrected chi connectivity index (χ2v) is 6.55. The molecule has 0 saturated heterocycles. The highest BCUT2D eigenvalue weighted by molar-refractivity contribution is 5.90. The van der Waals surface area contributed by atoms with Gasteiger partial charge in [-0.25, -0.2) is 0 Å². The predicted molar refractivity (Wildman–Crippen MR) is 90.2 cm³/mol. The molecule has 0 heterocycles. The third-order valence-corrected chi connectivity index (χ3v) is 4.62. The number of carboxylic acid groups (broad SMARTS) is 1. The zero-order valence-corrected chi connectivity index (χ0v) is 14.3. The average Bonchev–Trinajstić information content (AvgIpc) is 2.86. The van der Waals surface area contributed by atoms with Gasteiger partial charge < -0.3 is 5.11 Å². The van der Waals surface area contributed by atoms with E-state index >= 15 is 0 Å². The molecule has 1 rings (SSSR count). The molecule has 1 aliphatic rings. The summed E-state index contributed by atoms with van der Waals surface area (Å²) in [5, 5.41) is 8.59. The van der Waals surface area contributed by atoms with Crippen molar-refractivity contribution < 1.29 is 19.5 Å². The molecule has 0 aliphatic heterocycles. The highest BCUT2D eigenvalue weighted by atomic mass is 16.4. The minimum absolute atomic E-state index is 0.0599. The van der Waals surface area contributed by atoms with Gasteiger partial charge in [0.1, 0.15) is 5.78 Å². The lowest BCUT2D eigenvalue weighted by Gasteiger charge is -2.14. The fourth-order valence-electron chi connectivity index (χ4n) is 3.20. The van der Waals surface area contributed by atoms with Crippen molar-refractivity contribution in [2.45, 2.75) is 77.6 Å². The molecule has 1 saturated carbocycles. The van der Waals surface area contributed by atoms with E-state index in [9.17, 15) is 14.4 Å². The molecule has 2 unspecified atom stereocenters. The van der Waals surface area contributed by atoms with Crippen LogP contribution in [0.2, 0.25) is 0 Å². The lowest BCUT2D eigenvalue weighted by Crippen LogP contribution is -2.13. The van der Waals surface area contributed by atoms with Crippen LogP contribution >= 0.6 is 0 Å². The summed E-state index contributed by atoms with van der Waals surface area (Å²) in [6, 6.07) is 0. The van der Waals surface area contributed by atoms with Crippen LogP contribution in [0.25, 0.3) is 0 Å². The maximum atomic E-state index is 12.0. The number of carbonyl (C=O) groups is 3. The Labute approximate surface area is 139 Å². The molecule has 0 radical (unpaired) electrons. The first-order valence-electron chi connectivity index (χ1n) is 9.00. The molecule has 1 N–H and O–H groups in total. The molecule has 4 heteroatoms. The van der Waals surface area contributed by atoms with E-state index in [4.69, 9.17) is 5.11 Å². The van der Waals surface area contributed by atoms with Crippen LogP contribution in [0.5, 0.6) is 0 Å². The predicted octanol–water partition coefficient (Wildman–Crippen LogP) is 4.32. The first-order valence-corrected chi connectivity index (χ1v) is 9.00. The number of aliphatic carboxylic acids is 1. The molecule has 0 bridgehead atoms. The summed E-state index contributed by atoms with van der Waals surface area (Å²) >= 11 is 0. The number of allylic oxidation sites excluding steroid dienone is 2. The Balaban J connectivity index is 2.31. The molecule has 2 atom stereocenters. The van der Waals surface area contributed by atoms with Crippen LogP contribution in [0.1, 0.15) is 77.6 Å². The molecular formula is C19H30O4. The standard InChI is InChI=1S/C19H30O4/c1-2-3-8-16(20)13-11-15-12-14-18(21)17(15)9-6-4-5-7-10-19(22)23/h11,13,15,17H,2-10,12,14H2,1H3,(H,22,23). The summed E-state index contributed by atoms with van der Waals surface area (Å²) in [5.41, 5.74) is 0. The van der Waals surface area contributed by atoms with Gasteiger partial charge in [-0.3, -0.25) is 14.4 Å². The number of ketones is 2. The molecule has 4 nitrogen and oxygen atoms in total. The molecule has 0 aromatic carbocycles. The van der Waals surface area contributed by atoms with Gasteiger partial charge in [-0.05, 0) is 37.7 Å². The van der Waals surface area contributed by atoms with E-state index < -0.39 is 5.97 Å². The quantitative estimate of drug-likeness (QED) is 0.429. The third-order valence-electron chi connectivity index (χ3n) is 4.62. The highest BCUT2D eigenvalue weighted by Crippen LogP contribution is 2.33. The van der Waals surface area contributed by atoms with E-state index in [1.54, 1.807) is 6.08 Å². The third kappa shape index (κ3) is 8.10. The highest BCUT2D eigenvalue weighted by Gasteiger charge is 2.32. The smallest absolute Gasteiger partial charge is 0.303 e. The number of hydrogen-bond donors (Lipinski definition) is 1. The number of rotatable bonds is 12. The van der Waals surface area contributed by atoms with Gasteiger partial charge in [0, 0.05) is 25.2 Å². The lowest BCUT2D eigenvalue weighted by molar-refractivity contribution is -0.137. The van der Waals surface area contributed by atoms with Crippen LogP contribution < -0.4 is 0 Å². The Kier molecular flexibility index (Phi) is 9.49. The molecule has 130 valence electrons. The van der Waals surface area contributed by atoms with Crippen LogP contribution in [0, 0.1) is 11.8 Å². The van der Waals surface area contributed by atoms with Crippen LogP contribution in [0.15, 0.2) is 12.2 Å². The average molecular weight is 322 g/mol. The Morgan fingerprint density at radius 1 is 1.13 bits per heavy atom. The summed E-state index contributed by atoms with van der Waals surface area (Å²) in [6.45, 7) is 2.07. The van der Waals surface area contributed by atoms with Gasteiger partial charge in [-0.2, -0.15) is 0 Å². The molecular weight excluding hydrogens is 292 g/mol. The van der Waals surface area contributed by atoms with Crippen LogP contribution in [0.3, 0.4) is 0 Å². The summed E-state index contributed by atoms with van der Waals surface area (Å²) in [5.74, 6) is 0.0236. The maximum Gasteiger partial charge on any atom is 0.303 e. The van der Waals surface area contributed by atoms with Crippen molar-refractivity contribution in [3.63, 3.8) is 0 Å². The van der Waals surface area contributed by atoms with Crippen molar-refractivity contribution in [3.05, 3.63) is 12.2 Å². The fourth-order valence-corrected chi connectivity index (χ4v) is 3.20. The Bertz CT molecular complexity index is 425. The first kappa shape index (κ1) is 19.6. The van der Waals surface area contributed by atoms with E-state index in [-0.39, 0.29) is 24.0 Å². The van der Waals surface area contributed by atoms with Crippen LogP contribution in [-0.2, 0) is 14.4 Å². The normalized spacial score (nSPS) is 21.2. The molecule has 23 heavy (non-hydrogen) atoms. The maximum absolute atomic E-state index is 12.0. The van der Waals surface area contributed by atoms with Gasteiger partial charge in [-0.1, -0.05) is 38.7 Å². The van der Waals surface area contributed by atoms with Crippen molar-refractivity contribution in [1.29, 1.82) is 0 Å². The summed E-state index contributed by atoms with van der Waals surface area (Å²) in [4.78, 5) is 34.2. The molecule has 0 amide bonds. The van der Waals surface area contributed by atoms with E-state index in [1.807, 2.05) is 6.08 Å². The lowest BCUT2D eigenvalue weighted by atomic mass is 9.89. The van der Waals surface area contributed by atoms with Gasteiger partial charge in [-0.15, -0.1) is 0 Å². The first-order chi connectivity index (χ1) is 11.0. The fraction of sp³-hybridized carbons (Fsp3) is 0.737. The van der Waals surface area contributed by atoms with Crippen molar-refractivity contribution in [2.24, 2.45) is 11.8 Å². The zero-order valence-electron chi connectivity index (χ0n) is 14.3. The van der Waals surface area contributed by atoms with E-state index in [1.165, 1.54) is 0 Å². The second kappa shape index (κ2) is 11.1. The minimum atomic E-state index is -0.742. The topological polar surface area (TPSA) is 71.4 Å². The van der Waals surface area contributed by atoms with Crippen molar-refractivity contribution in [1.82, 2.24) is 0 Å². The minimum Gasteiger partial charge on any atom is -0.481 e. The molecule has 0 aromatic rings. The summed E-state index contributed by atoms with van der Waals surface area (Å²) < 4.78 is 0. The van der Waals surface area contributed by atoms with Crippen molar-refractivity contribution in [3.8, 4) is 0 Å². The van der Waals surface area contributed by atoms with Gasteiger partial charge in [0.25, 0.3) is 0 Å². The number of carboxylic acids is 1. The van der Waals surface area contributed by atoms with Crippen LogP contribution in [-0.4, -0.2) is 22.6 Å². The largest absolute Gasteiger partial charge is 0.481 e. The number of Topliss-reactive ketones (excluding diaryl/α,β-unsaturated/α-hetero) is 1. The van der Waals surface area contributed by atoms with Gasteiger partial charge >= 0.3 is 5.97 Å². The van der Waals surface area contributed by atoms with E-state index in [0.717, 1.165) is 44.9 Å². The Morgan fingerprint density at radius 2 is 1.87 bits per heavy atom. The molecule has 1 aliphatic carbocycles. The summed E-state index contributed by atoms with van der Waals surface area (Å²) in [6.07, 6.45) is 12.3. The number of hydrogen-bond acceptors (Lipinski definition) is 3. The van der Waals surface area contributed by atoms with Gasteiger partial charge in [0.15, 0.2) is 5.78 Å².